The van der Waals surface area contributed by atoms with Gasteiger partial charge in [0.2, 0.25) is 5.91 Å². The Morgan fingerprint density at radius 3 is 2.22 bits per heavy atom. The Kier molecular flexibility index (Phi) is 6.88. The summed E-state index contributed by atoms with van der Waals surface area (Å²) in [6.07, 6.45) is 3.29. The third-order valence-electron chi connectivity index (χ3n) is 5.51. The predicted molar refractivity (Wildman–Crippen MR) is 112 cm³/mol. The first-order valence-electron chi connectivity index (χ1n) is 10.1. The van der Waals surface area contributed by atoms with Crippen molar-refractivity contribution >= 4 is 17.3 Å². The van der Waals surface area contributed by atoms with E-state index in [0.717, 1.165) is 36.4 Å². The Morgan fingerprint density at radius 1 is 1.04 bits per heavy atom. The molecule has 27 heavy (non-hydrogen) atoms. The molecule has 4 heteroatoms. The number of rotatable bonds is 8. The molecule has 3 N–H and O–H groups in total. The second-order valence-electron chi connectivity index (χ2n) is 7.36. The number of carbonyl (C=O) groups is 1. The first-order valence-corrected chi connectivity index (χ1v) is 10.1. The van der Waals surface area contributed by atoms with E-state index in [-0.39, 0.29) is 11.8 Å². The molecule has 1 fully saturated rings. The molecule has 2 aromatic carbocycles. The molecule has 4 nitrogen and oxygen atoms in total. The van der Waals surface area contributed by atoms with Crippen molar-refractivity contribution in [1.82, 2.24) is 10.6 Å². The van der Waals surface area contributed by atoms with Gasteiger partial charge in [-0.05, 0) is 67.1 Å². The van der Waals surface area contributed by atoms with Gasteiger partial charge in [0.05, 0.1) is 5.92 Å². The van der Waals surface area contributed by atoms with Crippen LogP contribution in [0.15, 0.2) is 48.5 Å². The smallest absolute Gasteiger partial charge is 0.224 e. The maximum atomic E-state index is 12.1. The second-order valence-corrected chi connectivity index (χ2v) is 7.36. The Morgan fingerprint density at radius 2 is 1.67 bits per heavy atom. The van der Waals surface area contributed by atoms with Crippen LogP contribution in [0.3, 0.4) is 0 Å². The molecule has 0 bridgehead atoms. The largest absolute Gasteiger partial charge is 0.356 e. The molecule has 3 rings (SSSR count). The quantitative estimate of drug-likeness (QED) is 0.643. The average molecular weight is 366 g/mol. The van der Waals surface area contributed by atoms with Crippen LogP contribution >= 0.6 is 0 Å². The van der Waals surface area contributed by atoms with Crippen LogP contribution in [0.1, 0.15) is 50.2 Å². The van der Waals surface area contributed by atoms with Crippen LogP contribution in [0.25, 0.3) is 0 Å². The Labute approximate surface area is 162 Å². The Hall–Kier alpha value is -2.33. The van der Waals surface area contributed by atoms with Crippen molar-refractivity contribution < 1.29 is 4.79 Å². The molecule has 1 atom stereocenters. The van der Waals surface area contributed by atoms with Crippen LogP contribution in [-0.2, 0) is 11.3 Å². The highest BCUT2D eigenvalue weighted by Crippen LogP contribution is 2.25. The maximum Gasteiger partial charge on any atom is 0.224 e. The van der Waals surface area contributed by atoms with Gasteiger partial charge in [-0.2, -0.15) is 0 Å². The molecule has 144 valence electrons. The van der Waals surface area contributed by atoms with E-state index in [1.54, 1.807) is 0 Å². The molecule has 1 aliphatic heterocycles. The lowest BCUT2D eigenvalue weighted by Gasteiger charge is -2.14. The molecule has 2 aromatic rings. The summed E-state index contributed by atoms with van der Waals surface area (Å²) in [6, 6.07) is 17.0. The van der Waals surface area contributed by atoms with Gasteiger partial charge in [0, 0.05) is 24.5 Å². The molecule has 1 saturated heterocycles. The molecular weight excluding hydrogens is 334 g/mol. The van der Waals surface area contributed by atoms with Gasteiger partial charge in [0.1, 0.15) is 0 Å². The van der Waals surface area contributed by atoms with Crippen molar-refractivity contribution in [3.8, 4) is 0 Å². The van der Waals surface area contributed by atoms with Crippen molar-refractivity contribution in [3.63, 3.8) is 0 Å². The van der Waals surface area contributed by atoms with Crippen LogP contribution in [0.2, 0.25) is 0 Å². The van der Waals surface area contributed by atoms with Gasteiger partial charge in [0.25, 0.3) is 0 Å². The molecular formula is C23H31N3O. The van der Waals surface area contributed by atoms with Crippen LogP contribution in [-0.4, -0.2) is 19.0 Å². The summed E-state index contributed by atoms with van der Waals surface area (Å²) in [7, 11) is 0. The number of benzene rings is 2. The zero-order valence-electron chi connectivity index (χ0n) is 16.4. The highest BCUT2D eigenvalue weighted by Gasteiger charge is 2.21. The van der Waals surface area contributed by atoms with Crippen LogP contribution in [0, 0.1) is 5.92 Å². The molecule has 0 saturated carbocycles. The van der Waals surface area contributed by atoms with E-state index in [0.29, 0.717) is 12.5 Å². The maximum absolute atomic E-state index is 12.1. The topological polar surface area (TPSA) is 53.2 Å². The Balaban J connectivity index is 1.52. The molecule has 1 amide bonds. The standard InChI is InChI=1S/C23H31N3O/c1-3-18(4-2)19-7-11-22(12-8-19)26-21-9-5-17(6-10-21)15-25-23(27)20-13-14-24-16-20/h5-12,18,20,24,26H,3-4,13-16H2,1-2H3,(H,25,27). The zero-order valence-corrected chi connectivity index (χ0v) is 16.4. The van der Waals surface area contributed by atoms with E-state index in [4.69, 9.17) is 0 Å². The third-order valence-corrected chi connectivity index (χ3v) is 5.51. The lowest BCUT2D eigenvalue weighted by Crippen LogP contribution is -2.31. The third kappa shape index (κ3) is 5.33. The van der Waals surface area contributed by atoms with Gasteiger partial charge in [-0.15, -0.1) is 0 Å². The minimum Gasteiger partial charge on any atom is -0.356 e. The van der Waals surface area contributed by atoms with Gasteiger partial charge in [-0.3, -0.25) is 4.79 Å². The normalized spacial score (nSPS) is 16.5. The summed E-state index contributed by atoms with van der Waals surface area (Å²) in [5.41, 5.74) is 4.68. The van der Waals surface area contributed by atoms with E-state index >= 15 is 0 Å². The van der Waals surface area contributed by atoms with Crippen molar-refractivity contribution in [2.75, 3.05) is 18.4 Å². The van der Waals surface area contributed by atoms with E-state index < -0.39 is 0 Å². The van der Waals surface area contributed by atoms with E-state index in [9.17, 15) is 4.79 Å². The fraction of sp³-hybridized carbons (Fsp3) is 0.435. The molecule has 0 radical (unpaired) electrons. The monoisotopic (exact) mass is 365 g/mol. The number of anilines is 2. The van der Waals surface area contributed by atoms with Crippen molar-refractivity contribution in [3.05, 3.63) is 59.7 Å². The summed E-state index contributed by atoms with van der Waals surface area (Å²) in [5.74, 6) is 0.919. The first kappa shape index (κ1) is 19.4. The van der Waals surface area contributed by atoms with E-state index in [1.807, 2.05) is 0 Å². The molecule has 0 aromatic heterocycles. The first-order chi connectivity index (χ1) is 13.2. The summed E-state index contributed by atoms with van der Waals surface area (Å²) in [6.45, 7) is 6.81. The molecule has 1 unspecified atom stereocenters. The lowest BCUT2D eigenvalue weighted by atomic mass is 9.94. The zero-order chi connectivity index (χ0) is 19.1. The summed E-state index contributed by atoms with van der Waals surface area (Å²) in [5, 5.41) is 9.71. The average Bonchev–Trinajstić information content (AvgIpc) is 3.24. The van der Waals surface area contributed by atoms with Crippen LogP contribution < -0.4 is 16.0 Å². The summed E-state index contributed by atoms with van der Waals surface area (Å²) in [4.78, 5) is 12.1. The number of amides is 1. The fourth-order valence-electron chi connectivity index (χ4n) is 3.68. The van der Waals surface area contributed by atoms with Gasteiger partial charge in [0.15, 0.2) is 0 Å². The number of hydrogen-bond acceptors (Lipinski definition) is 3. The molecule has 1 aliphatic rings. The molecule has 0 spiro atoms. The van der Waals surface area contributed by atoms with Gasteiger partial charge in [-0.1, -0.05) is 38.1 Å². The fourth-order valence-corrected chi connectivity index (χ4v) is 3.68. The van der Waals surface area contributed by atoms with Crippen molar-refractivity contribution in [1.29, 1.82) is 0 Å². The van der Waals surface area contributed by atoms with Crippen LogP contribution in [0.4, 0.5) is 11.4 Å². The number of carbonyl (C=O) groups excluding carboxylic acids is 1. The predicted octanol–water partition coefficient (Wildman–Crippen LogP) is 4.56. The minimum absolute atomic E-state index is 0.119. The minimum atomic E-state index is 0.119. The second kappa shape index (κ2) is 9.56. The molecule has 1 heterocycles. The highest BCUT2D eigenvalue weighted by molar-refractivity contribution is 5.79. The molecule has 0 aliphatic carbocycles. The highest BCUT2D eigenvalue weighted by atomic mass is 16.1. The van der Waals surface area contributed by atoms with Crippen molar-refractivity contribution in [2.24, 2.45) is 5.92 Å². The lowest BCUT2D eigenvalue weighted by molar-refractivity contribution is -0.124. The van der Waals surface area contributed by atoms with E-state index in [2.05, 4.69) is 78.3 Å². The van der Waals surface area contributed by atoms with Gasteiger partial charge in [-0.25, -0.2) is 0 Å². The summed E-state index contributed by atoms with van der Waals surface area (Å²) < 4.78 is 0. The van der Waals surface area contributed by atoms with E-state index in [1.165, 1.54) is 18.4 Å². The number of hydrogen-bond donors (Lipinski definition) is 3. The van der Waals surface area contributed by atoms with Crippen molar-refractivity contribution in [2.45, 2.75) is 45.6 Å². The Bertz CT molecular complexity index is 714. The van der Waals surface area contributed by atoms with Gasteiger partial charge >= 0.3 is 0 Å². The van der Waals surface area contributed by atoms with Gasteiger partial charge < -0.3 is 16.0 Å². The number of nitrogens with one attached hydrogen (secondary N) is 3. The van der Waals surface area contributed by atoms with Crippen LogP contribution in [0.5, 0.6) is 0 Å². The SMILES string of the molecule is CCC(CC)c1ccc(Nc2ccc(CNC(=O)C3CCNC3)cc2)cc1. The summed E-state index contributed by atoms with van der Waals surface area (Å²) >= 11 is 0.